The summed E-state index contributed by atoms with van der Waals surface area (Å²) in [7, 11) is 1.81. The maximum Gasteiger partial charge on any atom is 0.407 e. The molecule has 1 saturated heterocycles. The first-order valence-corrected chi connectivity index (χ1v) is 11.4. The number of nitrogens with one attached hydrogen (secondary N) is 2. The van der Waals surface area contributed by atoms with Gasteiger partial charge in [0.05, 0.1) is 12.1 Å². The smallest absolute Gasteiger partial charge is 0.407 e. The highest BCUT2D eigenvalue weighted by molar-refractivity contribution is 5.80. The number of likely N-dealkylation sites (tertiary alicyclic amines) is 1. The number of hydrogen-bond donors (Lipinski definition) is 2. The number of carbonyl (C=O) groups excluding carboxylic acids is 1. The van der Waals surface area contributed by atoms with Crippen molar-refractivity contribution in [2.45, 2.75) is 96.3 Å². The summed E-state index contributed by atoms with van der Waals surface area (Å²) in [6, 6.07) is 0.0975. The van der Waals surface area contributed by atoms with E-state index in [9.17, 15) is 4.79 Å². The van der Waals surface area contributed by atoms with Crippen molar-refractivity contribution >= 4 is 12.1 Å². The van der Waals surface area contributed by atoms with Crippen LogP contribution in [0.3, 0.4) is 0 Å². The van der Waals surface area contributed by atoms with Crippen LogP contribution in [0.1, 0.15) is 78.6 Å². The molecule has 7 nitrogen and oxygen atoms in total. The van der Waals surface area contributed by atoms with Crippen LogP contribution in [0, 0.1) is 0 Å². The second kappa shape index (κ2) is 12.3. The maximum atomic E-state index is 12.0. The number of guanidine groups is 1. The van der Waals surface area contributed by atoms with Gasteiger partial charge in [0.25, 0.3) is 0 Å². The Morgan fingerprint density at radius 3 is 2.55 bits per heavy atom. The van der Waals surface area contributed by atoms with E-state index in [0.29, 0.717) is 6.10 Å². The number of nitrogens with zero attached hydrogens (tertiary/aromatic N) is 2. The van der Waals surface area contributed by atoms with Crippen LogP contribution in [0.4, 0.5) is 4.79 Å². The largest absolute Gasteiger partial charge is 0.444 e. The third-order valence-corrected chi connectivity index (χ3v) is 5.43. The Bertz CT molecular complexity index is 513. The lowest BCUT2D eigenvalue weighted by Crippen LogP contribution is -2.44. The number of hydrogen-bond acceptors (Lipinski definition) is 4. The number of alkyl carbamates (subject to hydrolysis) is 1. The van der Waals surface area contributed by atoms with Crippen LogP contribution in [-0.4, -0.2) is 68.0 Å². The normalized spacial score (nSPS) is 21.3. The monoisotopic (exact) mass is 410 g/mol. The number of aliphatic imine (C=N–C) groups is 1. The summed E-state index contributed by atoms with van der Waals surface area (Å²) in [6.45, 7) is 9.08. The summed E-state index contributed by atoms with van der Waals surface area (Å²) in [4.78, 5) is 18.6. The molecule has 1 unspecified atom stereocenters. The molecule has 2 fully saturated rings. The molecule has 7 heteroatoms. The van der Waals surface area contributed by atoms with Crippen molar-refractivity contribution in [3.63, 3.8) is 0 Å². The van der Waals surface area contributed by atoms with Crippen LogP contribution >= 0.6 is 0 Å². The van der Waals surface area contributed by atoms with Crippen molar-refractivity contribution in [1.82, 2.24) is 15.5 Å². The Hall–Kier alpha value is -1.50. The minimum Gasteiger partial charge on any atom is -0.444 e. The zero-order valence-electron chi connectivity index (χ0n) is 19.0. The summed E-state index contributed by atoms with van der Waals surface area (Å²) in [6.07, 6.45) is 11.0. The third kappa shape index (κ3) is 9.70. The minimum absolute atomic E-state index is 0.0975. The molecular formula is C22H42N4O3. The molecule has 168 valence electrons. The molecule has 0 radical (unpaired) electrons. The van der Waals surface area contributed by atoms with Crippen molar-refractivity contribution in [3.05, 3.63) is 0 Å². The highest BCUT2D eigenvalue weighted by atomic mass is 16.6. The van der Waals surface area contributed by atoms with Gasteiger partial charge in [-0.15, -0.1) is 0 Å². The van der Waals surface area contributed by atoms with Crippen molar-refractivity contribution in [2.24, 2.45) is 4.99 Å². The zero-order valence-corrected chi connectivity index (χ0v) is 19.0. The van der Waals surface area contributed by atoms with Crippen molar-refractivity contribution < 1.29 is 14.3 Å². The predicted octanol–water partition coefficient (Wildman–Crippen LogP) is 3.68. The lowest BCUT2D eigenvalue weighted by molar-refractivity contribution is 0.0263. The Labute approximate surface area is 177 Å². The van der Waals surface area contributed by atoms with Gasteiger partial charge < -0.3 is 25.0 Å². The number of carbonyl (C=O) groups is 1. The van der Waals surface area contributed by atoms with E-state index in [0.717, 1.165) is 51.5 Å². The van der Waals surface area contributed by atoms with E-state index in [1.54, 1.807) is 0 Å². The summed E-state index contributed by atoms with van der Waals surface area (Å²) < 4.78 is 11.3. The number of ether oxygens (including phenoxy) is 2. The number of amides is 1. The summed E-state index contributed by atoms with van der Waals surface area (Å²) in [5.74, 6) is 0.914. The third-order valence-electron chi connectivity index (χ3n) is 5.43. The standard InChI is InChI=1S/C22H42N4O3/c1-22(2,3)29-21(27)25-18-13-15-26(17-18)20(23-4)24-14-9-6-10-16-28-19-11-7-5-8-12-19/h18-19H,5-17H2,1-4H3,(H,23,24)(H,25,27). The SMILES string of the molecule is CN=C(NCCCCCOC1CCCCC1)N1CCC(NC(=O)OC(C)(C)C)C1. The predicted molar refractivity (Wildman–Crippen MR) is 117 cm³/mol. The van der Waals surface area contributed by atoms with Gasteiger partial charge in [0.15, 0.2) is 5.96 Å². The Kier molecular flexibility index (Phi) is 10.0. The van der Waals surface area contributed by atoms with E-state index < -0.39 is 5.60 Å². The summed E-state index contributed by atoms with van der Waals surface area (Å²) >= 11 is 0. The van der Waals surface area contributed by atoms with E-state index in [-0.39, 0.29) is 12.1 Å². The average Bonchev–Trinajstić information content (AvgIpc) is 3.11. The first-order chi connectivity index (χ1) is 13.9. The van der Waals surface area contributed by atoms with Crippen LogP contribution in [0.15, 0.2) is 4.99 Å². The van der Waals surface area contributed by atoms with E-state index in [1.807, 2.05) is 27.8 Å². The zero-order chi connectivity index (χ0) is 21.1. The van der Waals surface area contributed by atoms with Crippen molar-refractivity contribution in [3.8, 4) is 0 Å². The van der Waals surface area contributed by atoms with Crippen LogP contribution in [0.5, 0.6) is 0 Å². The fourth-order valence-electron chi connectivity index (χ4n) is 3.96. The fourth-order valence-corrected chi connectivity index (χ4v) is 3.96. The topological polar surface area (TPSA) is 75.2 Å². The Morgan fingerprint density at radius 1 is 1.10 bits per heavy atom. The highest BCUT2D eigenvalue weighted by Gasteiger charge is 2.27. The molecule has 1 heterocycles. The molecule has 1 aliphatic carbocycles. The second-order valence-corrected chi connectivity index (χ2v) is 9.24. The molecule has 1 amide bonds. The van der Waals surface area contributed by atoms with Gasteiger partial charge in [-0.2, -0.15) is 0 Å². The Balaban J connectivity index is 1.55. The van der Waals surface area contributed by atoms with Gasteiger partial charge >= 0.3 is 6.09 Å². The van der Waals surface area contributed by atoms with E-state index in [2.05, 4.69) is 20.5 Å². The van der Waals surface area contributed by atoms with Gasteiger partial charge in [0.2, 0.25) is 0 Å². The van der Waals surface area contributed by atoms with Gasteiger partial charge in [0.1, 0.15) is 5.60 Å². The van der Waals surface area contributed by atoms with Crippen LogP contribution in [0.25, 0.3) is 0 Å². The molecule has 0 aromatic rings. The van der Waals surface area contributed by atoms with E-state index in [1.165, 1.54) is 38.5 Å². The Morgan fingerprint density at radius 2 is 1.86 bits per heavy atom. The van der Waals surface area contributed by atoms with E-state index in [4.69, 9.17) is 9.47 Å². The van der Waals surface area contributed by atoms with Gasteiger partial charge in [-0.3, -0.25) is 4.99 Å². The van der Waals surface area contributed by atoms with Gasteiger partial charge in [-0.05, 0) is 59.3 Å². The highest BCUT2D eigenvalue weighted by Crippen LogP contribution is 2.20. The molecule has 1 atom stereocenters. The van der Waals surface area contributed by atoms with Crippen molar-refractivity contribution in [2.75, 3.05) is 33.3 Å². The number of unbranched alkanes of at least 4 members (excludes halogenated alkanes) is 2. The molecule has 0 aromatic heterocycles. The summed E-state index contributed by atoms with van der Waals surface area (Å²) in [5.41, 5.74) is -0.471. The number of rotatable bonds is 8. The molecule has 2 N–H and O–H groups in total. The van der Waals surface area contributed by atoms with Crippen molar-refractivity contribution in [1.29, 1.82) is 0 Å². The molecule has 1 aliphatic heterocycles. The molecular weight excluding hydrogens is 368 g/mol. The first kappa shape index (κ1) is 23.8. The van der Waals surface area contributed by atoms with Gasteiger partial charge in [-0.1, -0.05) is 19.3 Å². The molecule has 1 saturated carbocycles. The lowest BCUT2D eigenvalue weighted by Gasteiger charge is -2.23. The molecule has 0 bridgehead atoms. The molecule has 2 aliphatic rings. The quantitative estimate of drug-likeness (QED) is 0.363. The minimum atomic E-state index is -0.471. The van der Waals surface area contributed by atoms with Crippen LogP contribution in [-0.2, 0) is 9.47 Å². The fraction of sp³-hybridized carbons (Fsp3) is 0.909. The molecule has 29 heavy (non-hydrogen) atoms. The molecule has 0 spiro atoms. The van der Waals surface area contributed by atoms with Crippen LogP contribution in [0.2, 0.25) is 0 Å². The summed E-state index contributed by atoms with van der Waals surface area (Å²) in [5, 5.41) is 6.42. The van der Waals surface area contributed by atoms with Gasteiger partial charge in [-0.25, -0.2) is 4.79 Å². The molecule has 0 aromatic carbocycles. The van der Waals surface area contributed by atoms with E-state index >= 15 is 0 Å². The average molecular weight is 411 g/mol. The first-order valence-electron chi connectivity index (χ1n) is 11.4. The molecule has 2 rings (SSSR count). The van der Waals surface area contributed by atoms with Crippen LogP contribution < -0.4 is 10.6 Å². The second-order valence-electron chi connectivity index (χ2n) is 9.24. The van der Waals surface area contributed by atoms with Gasteiger partial charge in [0, 0.05) is 33.3 Å². The maximum absolute atomic E-state index is 12.0. The lowest BCUT2D eigenvalue weighted by atomic mass is 9.98.